The van der Waals surface area contributed by atoms with E-state index in [1.807, 2.05) is 0 Å². The van der Waals surface area contributed by atoms with Crippen LogP contribution in [0.4, 0.5) is 11.6 Å². The smallest absolute Gasteiger partial charge is 0.335 e. The number of aromatic carboxylic acids is 1. The summed E-state index contributed by atoms with van der Waals surface area (Å²) in [5.41, 5.74) is 0.380. The van der Waals surface area contributed by atoms with Crippen molar-refractivity contribution in [1.29, 1.82) is 5.41 Å². The zero-order valence-corrected chi connectivity index (χ0v) is 20.2. The molecule has 10 nitrogen and oxygen atoms in total. The zero-order valence-electron chi connectivity index (χ0n) is 18.7. The number of aromatic nitrogens is 4. The van der Waals surface area contributed by atoms with Crippen LogP contribution in [0.25, 0.3) is 16.7 Å². The summed E-state index contributed by atoms with van der Waals surface area (Å²) in [4.78, 5) is 35.0. The van der Waals surface area contributed by atoms with Crippen LogP contribution in [-0.4, -0.2) is 30.6 Å². The van der Waals surface area contributed by atoms with Gasteiger partial charge in [-0.2, -0.15) is 4.98 Å². The number of anilines is 2. The Labute approximate surface area is 218 Å². The number of fused-ring (bicyclic) bond motifs is 1. The lowest BCUT2D eigenvalue weighted by Gasteiger charge is -2.12. The number of para-hydroxylation sites is 1. The fourth-order valence-electron chi connectivity index (χ4n) is 3.54. The van der Waals surface area contributed by atoms with Crippen LogP contribution in [0.3, 0.4) is 0 Å². The molecule has 0 aliphatic heterocycles. The molecule has 0 bridgehead atoms. The van der Waals surface area contributed by atoms with E-state index >= 15 is 0 Å². The molecule has 2 aromatic heterocycles. The molecule has 5 aromatic rings. The molecule has 0 fully saturated rings. The van der Waals surface area contributed by atoms with Gasteiger partial charge in [0.1, 0.15) is 17.0 Å². The average molecular weight is 535 g/mol. The number of carbonyl (C=O) groups is 1. The molecule has 5 rings (SSSR count). The Morgan fingerprint density at radius 2 is 1.62 bits per heavy atom. The van der Waals surface area contributed by atoms with Gasteiger partial charge in [0.05, 0.1) is 26.7 Å². The van der Waals surface area contributed by atoms with Gasteiger partial charge in [-0.05, 0) is 60.7 Å². The van der Waals surface area contributed by atoms with Crippen LogP contribution in [-0.2, 0) is 0 Å². The third-order valence-electron chi connectivity index (χ3n) is 5.30. The summed E-state index contributed by atoms with van der Waals surface area (Å²) in [5, 5.41) is 21.3. The molecular formula is C25H16Cl2N6O4. The number of H-pyrrole nitrogens is 1. The number of benzene rings is 3. The van der Waals surface area contributed by atoms with Crippen LogP contribution in [0.5, 0.6) is 11.5 Å². The summed E-state index contributed by atoms with van der Waals surface area (Å²) in [7, 11) is 0. The standard InChI is InChI=1S/C25H16Cl2N6O4/c26-18-2-1-3-19(27)20(18)33-21(28)17-12-29-24(31-22(17)32-25(33)36)30-14-6-10-16(11-7-14)37-15-8-4-13(5-9-15)23(34)35/h1-12,28H,(H,34,35)(H2,29,30,31,32,36). The maximum absolute atomic E-state index is 12.8. The Hall–Kier alpha value is -4.67. The number of nitrogens with one attached hydrogen (secondary N) is 3. The van der Waals surface area contributed by atoms with Crippen LogP contribution in [0.15, 0.2) is 77.7 Å². The van der Waals surface area contributed by atoms with E-state index in [0.29, 0.717) is 22.6 Å². The minimum absolute atomic E-state index is 0.164. The lowest BCUT2D eigenvalue weighted by molar-refractivity contribution is 0.0697. The lowest BCUT2D eigenvalue weighted by Crippen LogP contribution is -2.34. The molecule has 37 heavy (non-hydrogen) atoms. The number of hydrogen-bond acceptors (Lipinski definition) is 7. The highest BCUT2D eigenvalue weighted by Gasteiger charge is 2.15. The highest BCUT2D eigenvalue weighted by molar-refractivity contribution is 6.37. The number of halogens is 2. The Bertz CT molecular complexity index is 1750. The van der Waals surface area contributed by atoms with Crippen molar-refractivity contribution >= 4 is 51.8 Å². The fourth-order valence-corrected chi connectivity index (χ4v) is 4.11. The molecule has 0 aliphatic carbocycles. The van der Waals surface area contributed by atoms with Crippen LogP contribution in [0.1, 0.15) is 10.4 Å². The molecule has 2 heterocycles. The monoisotopic (exact) mass is 534 g/mol. The molecule has 3 aromatic carbocycles. The second kappa shape index (κ2) is 9.76. The van der Waals surface area contributed by atoms with Crippen LogP contribution in [0.2, 0.25) is 10.0 Å². The summed E-state index contributed by atoms with van der Waals surface area (Å²) in [6.07, 6.45) is 1.42. The molecule has 0 atom stereocenters. The van der Waals surface area contributed by atoms with Gasteiger partial charge in [0.15, 0.2) is 5.65 Å². The molecule has 0 saturated heterocycles. The van der Waals surface area contributed by atoms with Gasteiger partial charge < -0.3 is 15.2 Å². The number of aromatic amines is 1. The second-order valence-electron chi connectivity index (χ2n) is 7.72. The lowest BCUT2D eigenvalue weighted by atomic mass is 10.2. The van der Waals surface area contributed by atoms with E-state index in [1.165, 1.54) is 18.3 Å². The van der Waals surface area contributed by atoms with Gasteiger partial charge in [0, 0.05) is 11.9 Å². The molecule has 0 unspecified atom stereocenters. The van der Waals surface area contributed by atoms with Crippen LogP contribution < -0.4 is 21.2 Å². The van der Waals surface area contributed by atoms with Gasteiger partial charge in [-0.25, -0.2) is 19.1 Å². The Morgan fingerprint density at radius 1 is 1.00 bits per heavy atom. The Kier molecular flexibility index (Phi) is 6.34. The van der Waals surface area contributed by atoms with Crippen molar-refractivity contribution in [3.8, 4) is 17.2 Å². The second-order valence-corrected chi connectivity index (χ2v) is 8.54. The SMILES string of the molecule is N=c1c2cnc(Nc3ccc(Oc4ccc(C(=O)O)cc4)cc3)nc2[nH]c(=O)n1-c1c(Cl)cccc1Cl. The normalized spacial score (nSPS) is 10.9. The predicted octanol–water partition coefficient (Wildman–Crippen LogP) is 5.13. The van der Waals surface area contributed by atoms with E-state index in [1.54, 1.807) is 54.6 Å². The van der Waals surface area contributed by atoms with Crippen LogP contribution >= 0.6 is 23.2 Å². The Morgan fingerprint density at radius 3 is 2.24 bits per heavy atom. The molecule has 0 amide bonds. The number of hydrogen-bond donors (Lipinski definition) is 4. The van der Waals surface area contributed by atoms with Crippen molar-refractivity contribution in [1.82, 2.24) is 19.5 Å². The molecular weight excluding hydrogens is 519 g/mol. The number of ether oxygens (including phenoxy) is 1. The maximum atomic E-state index is 12.8. The number of rotatable bonds is 6. The van der Waals surface area contributed by atoms with E-state index in [0.717, 1.165) is 4.57 Å². The highest BCUT2D eigenvalue weighted by Crippen LogP contribution is 2.27. The van der Waals surface area contributed by atoms with Crippen molar-refractivity contribution in [2.24, 2.45) is 0 Å². The van der Waals surface area contributed by atoms with Crippen molar-refractivity contribution in [3.05, 3.63) is 105 Å². The molecule has 12 heteroatoms. The first-order valence-corrected chi connectivity index (χ1v) is 11.4. The Balaban J connectivity index is 1.38. The third-order valence-corrected chi connectivity index (χ3v) is 5.91. The van der Waals surface area contributed by atoms with Gasteiger partial charge in [-0.15, -0.1) is 0 Å². The van der Waals surface area contributed by atoms with E-state index < -0.39 is 11.7 Å². The number of carboxylic acid groups (broad SMARTS) is 1. The maximum Gasteiger partial charge on any atom is 0.335 e. The molecule has 0 radical (unpaired) electrons. The first-order chi connectivity index (χ1) is 17.8. The van der Waals surface area contributed by atoms with Crippen LogP contribution in [0, 0.1) is 5.41 Å². The van der Waals surface area contributed by atoms with Gasteiger partial charge in [-0.3, -0.25) is 10.4 Å². The van der Waals surface area contributed by atoms with E-state index in [-0.39, 0.29) is 38.4 Å². The molecule has 4 N–H and O–H groups in total. The quantitative estimate of drug-likeness (QED) is 0.236. The summed E-state index contributed by atoms with van der Waals surface area (Å²) in [6.45, 7) is 0. The van der Waals surface area contributed by atoms with Gasteiger partial charge in [0.2, 0.25) is 5.95 Å². The summed E-state index contributed by atoms with van der Waals surface area (Å²) < 4.78 is 6.80. The fraction of sp³-hybridized carbons (Fsp3) is 0. The predicted molar refractivity (Wildman–Crippen MR) is 139 cm³/mol. The largest absolute Gasteiger partial charge is 0.478 e. The van der Waals surface area contributed by atoms with Gasteiger partial charge in [-0.1, -0.05) is 29.3 Å². The van der Waals surface area contributed by atoms with Gasteiger partial charge in [0.25, 0.3) is 0 Å². The first kappa shape index (κ1) is 24.0. The highest BCUT2D eigenvalue weighted by atomic mass is 35.5. The molecule has 0 aliphatic rings. The molecule has 0 saturated carbocycles. The van der Waals surface area contributed by atoms with E-state index in [4.69, 9.17) is 38.5 Å². The molecule has 0 spiro atoms. The first-order valence-electron chi connectivity index (χ1n) is 10.7. The van der Waals surface area contributed by atoms with Crippen molar-refractivity contribution in [2.75, 3.05) is 5.32 Å². The average Bonchev–Trinajstić information content (AvgIpc) is 2.87. The zero-order chi connectivity index (χ0) is 26.1. The molecule has 184 valence electrons. The summed E-state index contributed by atoms with van der Waals surface area (Å²) in [6, 6.07) is 17.8. The van der Waals surface area contributed by atoms with E-state index in [9.17, 15) is 9.59 Å². The summed E-state index contributed by atoms with van der Waals surface area (Å²) in [5.74, 6) is 0.229. The van der Waals surface area contributed by atoms with E-state index in [2.05, 4.69) is 20.3 Å². The minimum Gasteiger partial charge on any atom is -0.478 e. The topological polar surface area (TPSA) is 146 Å². The van der Waals surface area contributed by atoms with Crippen molar-refractivity contribution in [3.63, 3.8) is 0 Å². The number of carboxylic acids is 1. The van der Waals surface area contributed by atoms with Crippen molar-refractivity contribution in [2.45, 2.75) is 0 Å². The third kappa shape index (κ3) is 4.88. The van der Waals surface area contributed by atoms with Gasteiger partial charge >= 0.3 is 11.7 Å². The van der Waals surface area contributed by atoms with Crippen molar-refractivity contribution < 1.29 is 14.6 Å². The number of nitrogens with zero attached hydrogens (tertiary/aromatic N) is 3. The summed E-state index contributed by atoms with van der Waals surface area (Å²) >= 11 is 12.5. The minimum atomic E-state index is -1.01.